The number of aliphatic carboxylic acids is 2. The van der Waals surface area contributed by atoms with Crippen molar-refractivity contribution in [3.63, 3.8) is 0 Å². The van der Waals surface area contributed by atoms with Crippen molar-refractivity contribution in [3.8, 4) is 68.3 Å². The topological polar surface area (TPSA) is 333 Å². The van der Waals surface area contributed by atoms with E-state index < -0.39 is 59.7 Å². The molecule has 3 aromatic heterocycles. The molecular formula is C84H116N12O16. The Morgan fingerprint density at radius 3 is 1.31 bits per heavy atom. The van der Waals surface area contributed by atoms with Gasteiger partial charge in [0.2, 0.25) is 5.91 Å². The Bertz CT molecular complexity index is 4220. The van der Waals surface area contributed by atoms with Crippen LogP contribution in [0.2, 0.25) is 0 Å². The van der Waals surface area contributed by atoms with Gasteiger partial charge in [-0.25, -0.2) is 0 Å². The Kier molecular flexibility index (Phi) is 28.4. The van der Waals surface area contributed by atoms with Gasteiger partial charge in [0.1, 0.15) is 41.0 Å². The summed E-state index contributed by atoms with van der Waals surface area (Å²) in [6.07, 6.45) is 14.0. The number of piperidine rings is 2. The van der Waals surface area contributed by atoms with Crippen molar-refractivity contribution < 1.29 is 76.9 Å². The van der Waals surface area contributed by atoms with Gasteiger partial charge in [-0.15, -0.1) is 0 Å². The summed E-state index contributed by atoms with van der Waals surface area (Å²) in [7, 11) is 10.9. The number of aromatic nitrogens is 6. The first-order valence-corrected chi connectivity index (χ1v) is 40.2. The fourth-order valence-corrected chi connectivity index (χ4v) is 17.9. The lowest BCUT2D eigenvalue weighted by atomic mass is 9.92. The van der Waals surface area contributed by atoms with Gasteiger partial charge in [-0.1, -0.05) is 72.8 Å². The van der Waals surface area contributed by atoms with Crippen LogP contribution in [0.3, 0.4) is 0 Å². The second-order valence-electron chi connectivity index (χ2n) is 31.7. The Morgan fingerprint density at radius 1 is 0.473 bits per heavy atom. The van der Waals surface area contributed by atoms with Gasteiger partial charge in [0, 0.05) is 49.7 Å². The molecule has 0 radical (unpaired) electrons. The van der Waals surface area contributed by atoms with Crippen LogP contribution in [0.5, 0.6) is 34.5 Å². The van der Waals surface area contributed by atoms with Crippen molar-refractivity contribution in [2.45, 2.75) is 218 Å². The van der Waals surface area contributed by atoms with E-state index in [1.807, 2.05) is 70.4 Å². The second-order valence-corrected chi connectivity index (χ2v) is 31.7. The fraction of sp³-hybridized carbons (Fsp3) is 0.595. The van der Waals surface area contributed by atoms with Crippen molar-refractivity contribution in [1.82, 2.24) is 60.4 Å². The summed E-state index contributed by atoms with van der Waals surface area (Å²) in [4.78, 5) is 98.7. The van der Waals surface area contributed by atoms with Crippen LogP contribution in [0.4, 0.5) is 0 Å². The molecule has 3 aromatic carbocycles. The van der Waals surface area contributed by atoms with Crippen molar-refractivity contribution in [2.75, 3.05) is 82.5 Å². The SMILES string of the molecule is COC(=O)CNC(=O)C[C@H](CC(C)C)NC(=O)c1cc(-c2c(OC)cc(C3CCCCN3CC[C@@H](CC(=O)O)NC(=O)c3cc(-c4c(OC)cc(C5CCCCN5CC[C@@H](CC(=O)O)NC(=O)c5cc(-c6c(OC)cccc6OC)n(C6CCCC6C)n5)cc4OC)n(C4CCCC4)n3)cc2OC)n(C2CCC(C)C2C)n1. The molecule has 28 nitrogen and oxygen atoms in total. The minimum atomic E-state index is -1.06. The summed E-state index contributed by atoms with van der Waals surface area (Å²) in [5, 5.41) is 47.6. The van der Waals surface area contributed by atoms with Gasteiger partial charge in [0.25, 0.3) is 17.7 Å². The van der Waals surface area contributed by atoms with Crippen LogP contribution in [-0.4, -0.2) is 192 Å². The van der Waals surface area contributed by atoms with E-state index in [0.717, 1.165) is 114 Å². The smallest absolute Gasteiger partial charge is 0.325 e. The average Bonchev–Trinajstić information content (AvgIpc) is 1.48. The van der Waals surface area contributed by atoms with Gasteiger partial charge in [0.15, 0.2) is 17.1 Å². The van der Waals surface area contributed by atoms with E-state index in [1.54, 1.807) is 60.9 Å². The zero-order valence-electron chi connectivity index (χ0n) is 67.3. The molecule has 5 aliphatic rings. The number of likely N-dealkylation sites (tertiary alicyclic amines) is 2. The quantitative estimate of drug-likeness (QED) is 0.0199. The predicted octanol–water partition coefficient (Wildman–Crippen LogP) is 12.6. The van der Waals surface area contributed by atoms with E-state index in [4.69, 9.17) is 48.5 Å². The molecule has 28 heteroatoms. The second kappa shape index (κ2) is 38.2. The zero-order chi connectivity index (χ0) is 80.0. The van der Waals surface area contributed by atoms with Crippen molar-refractivity contribution in [2.24, 2.45) is 23.7 Å². The highest BCUT2D eigenvalue weighted by Crippen LogP contribution is 2.50. The van der Waals surface area contributed by atoms with Gasteiger partial charge in [-0.05, 0) is 186 Å². The summed E-state index contributed by atoms with van der Waals surface area (Å²) >= 11 is 0. The number of esters is 1. The minimum Gasteiger partial charge on any atom is -0.496 e. The summed E-state index contributed by atoms with van der Waals surface area (Å²) in [6, 6.07) is 16.4. The number of methoxy groups -OCH3 is 7. The van der Waals surface area contributed by atoms with E-state index in [9.17, 15) is 43.8 Å². The lowest BCUT2D eigenvalue weighted by Crippen LogP contribution is -2.41. The molecule has 2 aliphatic heterocycles. The third-order valence-corrected chi connectivity index (χ3v) is 23.9. The highest BCUT2D eigenvalue weighted by Gasteiger charge is 2.39. The molecule has 608 valence electrons. The van der Waals surface area contributed by atoms with Crippen molar-refractivity contribution in [3.05, 3.63) is 88.9 Å². The van der Waals surface area contributed by atoms with Crippen LogP contribution in [-0.2, 0) is 23.9 Å². The molecule has 0 spiro atoms. The predicted molar refractivity (Wildman–Crippen MR) is 421 cm³/mol. The fourth-order valence-electron chi connectivity index (χ4n) is 17.9. The molecule has 2 saturated heterocycles. The van der Waals surface area contributed by atoms with E-state index in [1.165, 1.54) is 7.11 Å². The first-order valence-electron chi connectivity index (χ1n) is 40.2. The van der Waals surface area contributed by atoms with Crippen LogP contribution in [0.15, 0.2) is 60.7 Å². The first-order chi connectivity index (χ1) is 54.0. The molecule has 5 heterocycles. The first kappa shape index (κ1) is 83.2. The van der Waals surface area contributed by atoms with E-state index in [2.05, 4.69) is 51.8 Å². The van der Waals surface area contributed by atoms with Crippen LogP contribution in [0, 0.1) is 23.7 Å². The van der Waals surface area contributed by atoms with Crippen LogP contribution < -0.4 is 49.7 Å². The minimum absolute atomic E-state index is 0.0280. The standard InChI is InChI=1S/C84H116N12O16/c1-49(2)37-57(42-75(97)85-48-78(102)112-12)88-84(105)61-47-68(96(91-61)63-30-29-50(3)52(63)5)81-73(110-10)40-54(41-74(81)111-11)65-25-16-18-34-93(65)35-31-55(43-76(98)99)86-82(103)59-45-66(94(89-59)58-22-13-14-23-58)80-71(108-8)38-53(39-72(80)109-9)64-24-15-17-33-92(64)36-32-56(44-77(100)101)87-83(104)60-46-67(95(90-60)62-26-19-21-51(62)4)79-69(106-6)27-20-28-70(79)107-7/h20,27-28,38-41,45-47,49-52,55-58,62-65H,13-19,21-26,29-37,42-44,48H2,1-12H3,(H,85,97)(H,86,103)(H,87,104)(H,88,105)(H,98,99)(H,100,101)/t50?,51?,52?,55-,56-,57-,62?,63?,64?,65?/m0/s1. The molecule has 0 bridgehead atoms. The number of rotatable bonds is 36. The average molecular weight is 1550 g/mol. The van der Waals surface area contributed by atoms with Gasteiger partial charge in [-0.3, -0.25) is 57.4 Å². The third kappa shape index (κ3) is 19.5. The van der Waals surface area contributed by atoms with Crippen LogP contribution >= 0.6 is 0 Å². The molecule has 112 heavy (non-hydrogen) atoms. The Labute approximate surface area is 657 Å². The number of benzene rings is 3. The van der Waals surface area contributed by atoms with Crippen LogP contribution in [0.1, 0.15) is 242 Å². The maximum atomic E-state index is 14.9. The Balaban J connectivity index is 0.812. The number of carbonyl (C=O) groups excluding carboxylic acids is 5. The number of carboxylic acid groups (broad SMARTS) is 2. The summed E-state index contributed by atoms with van der Waals surface area (Å²) in [6.45, 7) is 12.7. The molecule has 7 unspecified atom stereocenters. The van der Waals surface area contributed by atoms with Gasteiger partial charge < -0.3 is 64.6 Å². The number of carbonyl (C=O) groups is 7. The number of ether oxygens (including phenoxy) is 7. The van der Waals surface area contributed by atoms with E-state index in [-0.39, 0.29) is 84.9 Å². The maximum absolute atomic E-state index is 14.9. The molecule has 10 atom stereocenters. The summed E-state index contributed by atoms with van der Waals surface area (Å²) in [5.41, 5.74) is 6.15. The van der Waals surface area contributed by atoms with Gasteiger partial charge in [-0.2, -0.15) is 15.3 Å². The van der Waals surface area contributed by atoms with Gasteiger partial charge in [0.05, 0.1) is 115 Å². The van der Waals surface area contributed by atoms with Crippen molar-refractivity contribution in [1.29, 1.82) is 0 Å². The largest absolute Gasteiger partial charge is 0.496 e. The number of nitrogens with one attached hydrogen (secondary N) is 4. The lowest BCUT2D eigenvalue weighted by molar-refractivity contribution is -0.141. The number of nitrogens with zero attached hydrogens (tertiary/aromatic N) is 8. The third-order valence-electron chi connectivity index (χ3n) is 23.9. The molecule has 6 N–H and O–H groups in total. The lowest BCUT2D eigenvalue weighted by Gasteiger charge is -2.37. The number of hydrogen-bond acceptors (Lipinski definition) is 19. The highest BCUT2D eigenvalue weighted by atomic mass is 16.5. The van der Waals surface area contributed by atoms with Crippen molar-refractivity contribution >= 4 is 41.5 Å². The molecule has 3 saturated carbocycles. The molecule has 4 amide bonds. The normalized spacial score (nSPS) is 21.0. The maximum Gasteiger partial charge on any atom is 0.325 e. The van der Waals surface area contributed by atoms with Crippen LogP contribution in [0.25, 0.3) is 33.8 Å². The Morgan fingerprint density at radius 2 is 0.902 bits per heavy atom. The molecule has 5 fully saturated rings. The summed E-state index contributed by atoms with van der Waals surface area (Å²) in [5.74, 6) is -0.297. The number of hydrogen-bond donors (Lipinski definition) is 6. The number of carboxylic acids is 2. The molecule has 11 rings (SSSR count). The molecule has 3 aliphatic carbocycles. The molecule has 6 aromatic rings. The highest BCUT2D eigenvalue weighted by molar-refractivity contribution is 5.96. The Hall–Kier alpha value is -9.70. The molecular weight excluding hydrogens is 1430 g/mol. The van der Waals surface area contributed by atoms with E-state index >= 15 is 0 Å². The zero-order valence-corrected chi connectivity index (χ0v) is 67.3. The van der Waals surface area contributed by atoms with E-state index in [0.29, 0.717) is 119 Å². The monoisotopic (exact) mass is 1550 g/mol. The number of amides is 4. The summed E-state index contributed by atoms with van der Waals surface area (Å²) < 4.78 is 47.3. The van der Waals surface area contributed by atoms with Gasteiger partial charge >= 0.3 is 17.9 Å².